The van der Waals surface area contributed by atoms with Crippen LogP contribution in [0.4, 0.5) is 0 Å². The molecule has 0 spiro atoms. The molecule has 0 heterocycles. The van der Waals surface area contributed by atoms with E-state index in [0.29, 0.717) is 6.04 Å². The molecule has 1 aliphatic rings. The van der Waals surface area contributed by atoms with Gasteiger partial charge in [0.1, 0.15) is 0 Å². The van der Waals surface area contributed by atoms with Gasteiger partial charge in [-0.2, -0.15) is 0 Å². The maximum Gasteiger partial charge on any atom is 0.0230 e. The summed E-state index contributed by atoms with van der Waals surface area (Å²) in [5, 5.41) is 3.82. The van der Waals surface area contributed by atoms with Crippen molar-refractivity contribution in [2.75, 3.05) is 14.1 Å². The van der Waals surface area contributed by atoms with Crippen molar-refractivity contribution in [2.24, 2.45) is 5.92 Å². The molecule has 2 unspecified atom stereocenters. The zero-order valence-electron chi connectivity index (χ0n) is 14.1. The van der Waals surface area contributed by atoms with Crippen molar-refractivity contribution in [1.82, 2.24) is 10.2 Å². The van der Waals surface area contributed by atoms with Crippen LogP contribution in [0.3, 0.4) is 0 Å². The van der Waals surface area contributed by atoms with E-state index in [0.717, 1.165) is 19.0 Å². The number of benzene rings is 1. The zero-order valence-corrected chi connectivity index (χ0v) is 14.1. The van der Waals surface area contributed by atoms with Gasteiger partial charge in [-0.15, -0.1) is 0 Å². The van der Waals surface area contributed by atoms with Crippen LogP contribution in [-0.4, -0.2) is 25.0 Å². The van der Waals surface area contributed by atoms with Crippen LogP contribution in [0.5, 0.6) is 0 Å². The summed E-state index contributed by atoms with van der Waals surface area (Å²) in [5.41, 5.74) is 2.91. The van der Waals surface area contributed by atoms with Gasteiger partial charge >= 0.3 is 0 Å². The Morgan fingerprint density at radius 1 is 1.05 bits per heavy atom. The number of nitrogens with zero attached hydrogens (tertiary/aromatic N) is 1. The molecule has 0 bridgehead atoms. The van der Waals surface area contributed by atoms with Crippen molar-refractivity contribution in [2.45, 2.75) is 64.6 Å². The van der Waals surface area contributed by atoms with Gasteiger partial charge in [-0.3, -0.25) is 0 Å². The van der Waals surface area contributed by atoms with Crippen molar-refractivity contribution in [3.63, 3.8) is 0 Å². The van der Waals surface area contributed by atoms with Gasteiger partial charge in [0.25, 0.3) is 0 Å². The molecule has 118 valence electrons. The van der Waals surface area contributed by atoms with E-state index in [4.69, 9.17) is 0 Å². The molecule has 2 heteroatoms. The van der Waals surface area contributed by atoms with Crippen LogP contribution in [-0.2, 0) is 13.1 Å². The predicted molar refractivity (Wildman–Crippen MR) is 91.3 cm³/mol. The smallest absolute Gasteiger partial charge is 0.0230 e. The Morgan fingerprint density at radius 3 is 2.52 bits per heavy atom. The normalized spacial score (nSPS) is 23.2. The molecular formula is C19H32N2. The van der Waals surface area contributed by atoms with Crippen molar-refractivity contribution in [3.8, 4) is 0 Å². The highest BCUT2D eigenvalue weighted by molar-refractivity contribution is 5.27. The molecule has 1 aromatic rings. The Morgan fingerprint density at radius 2 is 1.81 bits per heavy atom. The van der Waals surface area contributed by atoms with Gasteiger partial charge in [0.05, 0.1) is 0 Å². The lowest BCUT2D eigenvalue weighted by molar-refractivity contribution is 0.397. The quantitative estimate of drug-likeness (QED) is 0.789. The van der Waals surface area contributed by atoms with Crippen molar-refractivity contribution >= 4 is 0 Å². The summed E-state index contributed by atoms with van der Waals surface area (Å²) < 4.78 is 0. The minimum atomic E-state index is 0.717. The fraction of sp³-hybridized carbons (Fsp3) is 0.684. The predicted octanol–water partition coefficient (Wildman–Crippen LogP) is 4.20. The second-order valence-electron chi connectivity index (χ2n) is 6.87. The number of hydrogen-bond donors (Lipinski definition) is 1. The standard InChI is InChI=1S/C19H32N2/c1-4-16-8-7-11-19(13-12-16)20-14-17-9-5-6-10-18(17)15-21(2)3/h5-6,9-10,16,19-20H,4,7-8,11-15H2,1-3H3. The van der Waals surface area contributed by atoms with Crippen LogP contribution >= 0.6 is 0 Å². The van der Waals surface area contributed by atoms with E-state index in [1.165, 1.54) is 49.7 Å². The second kappa shape index (κ2) is 8.55. The topological polar surface area (TPSA) is 15.3 Å². The van der Waals surface area contributed by atoms with Crippen LogP contribution in [0, 0.1) is 5.92 Å². The zero-order chi connectivity index (χ0) is 15.1. The molecule has 0 aliphatic heterocycles. The second-order valence-corrected chi connectivity index (χ2v) is 6.87. The summed E-state index contributed by atoms with van der Waals surface area (Å²) in [7, 11) is 4.28. The van der Waals surface area contributed by atoms with E-state index in [9.17, 15) is 0 Å². The van der Waals surface area contributed by atoms with Crippen LogP contribution in [0.1, 0.15) is 56.6 Å². The van der Waals surface area contributed by atoms with E-state index in [1.807, 2.05) is 0 Å². The summed E-state index contributed by atoms with van der Waals surface area (Å²) >= 11 is 0. The molecule has 0 saturated heterocycles. The van der Waals surface area contributed by atoms with Crippen LogP contribution in [0.15, 0.2) is 24.3 Å². The molecule has 0 amide bonds. The third-order valence-corrected chi connectivity index (χ3v) is 4.85. The first-order valence-corrected chi connectivity index (χ1v) is 8.64. The molecule has 21 heavy (non-hydrogen) atoms. The maximum atomic E-state index is 3.82. The first-order valence-electron chi connectivity index (χ1n) is 8.64. The van der Waals surface area contributed by atoms with E-state index in [1.54, 1.807) is 0 Å². The first kappa shape index (κ1) is 16.5. The Hall–Kier alpha value is -0.860. The van der Waals surface area contributed by atoms with Crippen molar-refractivity contribution in [1.29, 1.82) is 0 Å². The van der Waals surface area contributed by atoms with Crippen LogP contribution in [0.2, 0.25) is 0 Å². The lowest BCUT2D eigenvalue weighted by Gasteiger charge is -2.19. The Labute approximate surface area is 130 Å². The molecule has 2 atom stereocenters. The molecule has 1 aliphatic carbocycles. The van der Waals surface area contributed by atoms with E-state index in [2.05, 4.69) is 55.5 Å². The average molecular weight is 288 g/mol. The molecule has 0 aromatic heterocycles. The summed E-state index contributed by atoms with van der Waals surface area (Å²) in [6.07, 6.45) is 8.31. The molecule has 2 nitrogen and oxygen atoms in total. The Kier molecular flexibility index (Phi) is 6.72. The summed E-state index contributed by atoms with van der Waals surface area (Å²) in [4.78, 5) is 2.25. The van der Waals surface area contributed by atoms with E-state index in [-0.39, 0.29) is 0 Å². The third-order valence-electron chi connectivity index (χ3n) is 4.85. The summed E-state index contributed by atoms with van der Waals surface area (Å²) in [6.45, 7) is 4.39. The Bertz CT molecular complexity index is 414. The van der Waals surface area contributed by atoms with Gasteiger partial charge in [-0.05, 0) is 50.4 Å². The van der Waals surface area contributed by atoms with Crippen LogP contribution in [0.25, 0.3) is 0 Å². The van der Waals surface area contributed by atoms with E-state index < -0.39 is 0 Å². The summed E-state index contributed by atoms with van der Waals surface area (Å²) in [5.74, 6) is 0.970. The van der Waals surface area contributed by atoms with Gasteiger partial charge < -0.3 is 10.2 Å². The summed E-state index contributed by atoms with van der Waals surface area (Å²) in [6, 6.07) is 9.57. The average Bonchev–Trinajstić information content (AvgIpc) is 2.71. The number of nitrogens with one attached hydrogen (secondary N) is 1. The molecule has 0 radical (unpaired) electrons. The van der Waals surface area contributed by atoms with E-state index >= 15 is 0 Å². The largest absolute Gasteiger partial charge is 0.310 e. The molecular weight excluding hydrogens is 256 g/mol. The first-order chi connectivity index (χ1) is 10.2. The minimum Gasteiger partial charge on any atom is -0.310 e. The van der Waals surface area contributed by atoms with Crippen molar-refractivity contribution < 1.29 is 0 Å². The highest BCUT2D eigenvalue weighted by Crippen LogP contribution is 2.25. The number of hydrogen-bond acceptors (Lipinski definition) is 2. The monoisotopic (exact) mass is 288 g/mol. The Balaban J connectivity index is 1.88. The highest BCUT2D eigenvalue weighted by Gasteiger charge is 2.17. The van der Waals surface area contributed by atoms with Gasteiger partial charge in [0.15, 0.2) is 0 Å². The molecule has 1 fully saturated rings. The molecule has 1 N–H and O–H groups in total. The lowest BCUT2D eigenvalue weighted by Crippen LogP contribution is -2.28. The van der Waals surface area contributed by atoms with Crippen LogP contribution < -0.4 is 5.32 Å². The van der Waals surface area contributed by atoms with Crippen molar-refractivity contribution in [3.05, 3.63) is 35.4 Å². The lowest BCUT2D eigenvalue weighted by atomic mass is 9.98. The SMILES string of the molecule is CCC1CCCC(NCc2ccccc2CN(C)C)CC1. The van der Waals surface area contributed by atoms with Gasteiger partial charge in [-0.25, -0.2) is 0 Å². The van der Waals surface area contributed by atoms with Gasteiger partial charge in [0.2, 0.25) is 0 Å². The number of rotatable bonds is 6. The molecule has 1 aromatic carbocycles. The third kappa shape index (κ3) is 5.44. The highest BCUT2D eigenvalue weighted by atomic mass is 15.0. The molecule has 2 rings (SSSR count). The molecule has 1 saturated carbocycles. The minimum absolute atomic E-state index is 0.717. The fourth-order valence-electron chi connectivity index (χ4n) is 3.47. The maximum absolute atomic E-state index is 3.82. The fourth-order valence-corrected chi connectivity index (χ4v) is 3.47. The van der Waals surface area contributed by atoms with Gasteiger partial charge in [0, 0.05) is 19.1 Å². The van der Waals surface area contributed by atoms with Gasteiger partial charge in [-0.1, -0.05) is 50.5 Å².